The van der Waals surface area contributed by atoms with Crippen LogP contribution in [-0.4, -0.2) is 28.8 Å². The number of aromatic hydroxyl groups is 1. The number of carbonyl (C=O) groups excluding carboxylic acids is 2. The SMILES string of the molecule is O=C(N[C@@H]1N=C(c2c(Cl)cc(Cl)cc2Cl)c2ccccc2NC1=O)c1cc(F)ccc1O. The van der Waals surface area contributed by atoms with Crippen molar-refractivity contribution in [1.82, 2.24) is 5.32 Å². The van der Waals surface area contributed by atoms with Crippen LogP contribution in [-0.2, 0) is 4.79 Å². The van der Waals surface area contributed by atoms with Crippen LogP contribution in [0, 0.1) is 5.82 Å². The summed E-state index contributed by atoms with van der Waals surface area (Å²) in [6.45, 7) is 0. The molecular weight excluding hydrogens is 480 g/mol. The summed E-state index contributed by atoms with van der Waals surface area (Å²) in [5, 5.41) is 15.7. The highest BCUT2D eigenvalue weighted by Gasteiger charge is 2.29. The fraction of sp³-hybridized carbons (Fsp3) is 0.0455. The number of para-hydroxylation sites is 1. The number of phenolic OH excluding ortho intramolecular Hbond substituents is 1. The molecular formula is C22H13Cl3FN3O3. The minimum atomic E-state index is -1.43. The number of anilines is 1. The summed E-state index contributed by atoms with van der Waals surface area (Å²) in [5.74, 6) is -2.73. The molecule has 0 unspecified atom stereocenters. The van der Waals surface area contributed by atoms with Gasteiger partial charge in [-0.2, -0.15) is 0 Å². The van der Waals surface area contributed by atoms with E-state index in [-0.39, 0.29) is 21.3 Å². The van der Waals surface area contributed by atoms with E-state index in [4.69, 9.17) is 34.8 Å². The normalized spacial score (nSPS) is 15.3. The summed E-state index contributed by atoms with van der Waals surface area (Å²) in [6.07, 6.45) is -1.43. The molecule has 3 aromatic carbocycles. The standard InChI is InChI=1S/C22H13Cl3FN3O3/c23-10-7-14(24)18(15(25)8-10)19-12-3-1-2-4-16(12)27-22(32)20(28-19)29-21(31)13-9-11(26)5-6-17(13)30/h1-9,20,30H,(H,27,32)(H,29,31)/t20-/m0/s1. The average molecular weight is 493 g/mol. The van der Waals surface area contributed by atoms with Crippen LogP contribution in [0.5, 0.6) is 5.75 Å². The summed E-state index contributed by atoms with van der Waals surface area (Å²) in [6, 6.07) is 12.7. The number of fused-ring (bicyclic) bond motifs is 1. The van der Waals surface area contributed by atoms with Crippen LogP contribution in [0.3, 0.4) is 0 Å². The van der Waals surface area contributed by atoms with Gasteiger partial charge in [-0.25, -0.2) is 9.38 Å². The maximum absolute atomic E-state index is 13.6. The zero-order valence-electron chi connectivity index (χ0n) is 16.0. The van der Waals surface area contributed by atoms with Crippen molar-refractivity contribution in [3.05, 3.63) is 92.2 Å². The van der Waals surface area contributed by atoms with Gasteiger partial charge in [-0.1, -0.05) is 53.0 Å². The number of rotatable bonds is 3. The second kappa shape index (κ2) is 8.78. The van der Waals surface area contributed by atoms with Gasteiger partial charge in [-0.3, -0.25) is 9.59 Å². The van der Waals surface area contributed by atoms with Crippen molar-refractivity contribution in [2.75, 3.05) is 5.32 Å². The number of amides is 2. The molecule has 10 heteroatoms. The van der Waals surface area contributed by atoms with Gasteiger partial charge in [0.2, 0.25) is 6.17 Å². The van der Waals surface area contributed by atoms with Crippen molar-refractivity contribution in [2.24, 2.45) is 4.99 Å². The van der Waals surface area contributed by atoms with Gasteiger partial charge >= 0.3 is 0 Å². The van der Waals surface area contributed by atoms with E-state index >= 15 is 0 Å². The fourth-order valence-corrected chi connectivity index (χ4v) is 4.21. The molecule has 0 radical (unpaired) electrons. The number of benzodiazepines with no additional fused rings is 1. The van der Waals surface area contributed by atoms with Crippen LogP contribution < -0.4 is 10.6 Å². The largest absolute Gasteiger partial charge is 0.507 e. The zero-order valence-corrected chi connectivity index (χ0v) is 18.3. The fourth-order valence-electron chi connectivity index (χ4n) is 3.21. The van der Waals surface area contributed by atoms with Crippen LogP contribution >= 0.6 is 34.8 Å². The van der Waals surface area contributed by atoms with Crippen molar-refractivity contribution < 1.29 is 19.1 Å². The number of nitrogens with zero attached hydrogens (tertiary/aromatic N) is 1. The lowest BCUT2D eigenvalue weighted by Gasteiger charge is -2.15. The van der Waals surface area contributed by atoms with Gasteiger partial charge in [0, 0.05) is 16.1 Å². The molecule has 1 aliphatic rings. The van der Waals surface area contributed by atoms with Crippen LogP contribution in [0.4, 0.5) is 10.1 Å². The van der Waals surface area contributed by atoms with Crippen LogP contribution in [0.2, 0.25) is 15.1 Å². The molecule has 1 aliphatic heterocycles. The summed E-state index contributed by atoms with van der Waals surface area (Å²) in [4.78, 5) is 29.9. The number of hydrogen-bond acceptors (Lipinski definition) is 4. The van der Waals surface area contributed by atoms with E-state index in [1.807, 2.05) is 0 Å². The Bertz CT molecular complexity index is 1270. The molecule has 0 saturated heterocycles. The predicted molar refractivity (Wildman–Crippen MR) is 122 cm³/mol. The Morgan fingerprint density at radius 2 is 1.75 bits per heavy atom. The number of aliphatic imine (C=N–C) groups is 1. The number of halogens is 4. The lowest BCUT2D eigenvalue weighted by Crippen LogP contribution is -2.42. The van der Waals surface area contributed by atoms with Crippen LogP contribution in [0.25, 0.3) is 0 Å². The summed E-state index contributed by atoms with van der Waals surface area (Å²) in [5.41, 5.74) is 1.13. The van der Waals surface area contributed by atoms with Crippen molar-refractivity contribution >= 4 is 58.0 Å². The first-order chi connectivity index (χ1) is 15.2. The molecule has 0 fully saturated rings. The second-order valence-electron chi connectivity index (χ2n) is 6.79. The topological polar surface area (TPSA) is 90.8 Å². The first-order valence-electron chi connectivity index (χ1n) is 9.17. The molecule has 2 amide bonds. The number of phenols is 1. The number of carbonyl (C=O) groups is 2. The number of benzene rings is 3. The van der Waals surface area contributed by atoms with Gasteiger partial charge in [-0.05, 0) is 36.4 Å². The third-order valence-corrected chi connectivity index (χ3v) is 5.48. The highest BCUT2D eigenvalue weighted by molar-refractivity contribution is 6.44. The molecule has 3 N–H and O–H groups in total. The Morgan fingerprint density at radius 3 is 2.47 bits per heavy atom. The molecule has 0 spiro atoms. The van der Waals surface area contributed by atoms with Gasteiger partial charge in [-0.15, -0.1) is 0 Å². The Morgan fingerprint density at radius 1 is 1.06 bits per heavy atom. The number of hydrogen-bond donors (Lipinski definition) is 3. The van der Waals surface area contributed by atoms with Gasteiger partial charge in [0.05, 0.1) is 27.0 Å². The smallest absolute Gasteiger partial charge is 0.269 e. The second-order valence-corrected chi connectivity index (χ2v) is 8.05. The van der Waals surface area contributed by atoms with E-state index in [2.05, 4.69) is 15.6 Å². The quantitative estimate of drug-likeness (QED) is 0.478. The molecule has 0 aromatic heterocycles. The summed E-state index contributed by atoms with van der Waals surface area (Å²) >= 11 is 18.8. The highest BCUT2D eigenvalue weighted by Crippen LogP contribution is 2.34. The van der Waals surface area contributed by atoms with Crippen LogP contribution in [0.15, 0.2) is 59.6 Å². The van der Waals surface area contributed by atoms with E-state index in [0.717, 1.165) is 18.2 Å². The third-order valence-electron chi connectivity index (χ3n) is 4.66. The zero-order chi connectivity index (χ0) is 23.0. The number of nitrogens with one attached hydrogen (secondary N) is 2. The van der Waals surface area contributed by atoms with Gasteiger partial charge in [0.15, 0.2) is 0 Å². The first kappa shape index (κ1) is 22.1. The molecule has 6 nitrogen and oxygen atoms in total. The van der Waals surface area contributed by atoms with E-state index in [0.29, 0.717) is 21.8 Å². The Kier molecular flexibility index (Phi) is 6.06. The van der Waals surface area contributed by atoms with Crippen molar-refractivity contribution in [2.45, 2.75) is 6.17 Å². The Hall–Kier alpha value is -3.13. The minimum Gasteiger partial charge on any atom is -0.507 e. The third kappa shape index (κ3) is 4.27. The van der Waals surface area contributed by atoms with E-state index in [1.54, 1.807) is 24.3 Å². The molecule has 0 bridgehead atoms. The molecule has 0 saturated carbocycles. The van der Waals surface area contributed by atoms with Crippen molar-refractivity contribution in [3.8, 4) is 5.75 Å². The molecule has 4 rings (SSSR count). The van der Waals surface area contributed by atoms with Gasteiger partial charge in [0.25, 0.3) is 11.8 Å². The molecule has 32 heavy (non-hydrogen) atoms. The maximum atomic E-state index is 13.6. The van der Waals surface area contributed by atoms with Crippen molar-refractivity contribution in [3.63, 3.8) is 0 Å². The Balaban J connectivity index is 1.83. The lowest BCUT2D eigenvalue weighted by molar-refractivity contribution is -0.117. The van der Waals surface area contributed by atoms with Crippen molar-refractivity contribution in [1.29, 1.82) is 0 Å². The summed E-state index contributed by atoms with van der Waals surface area (Å²) in [7, 11) is 0. The average Bonchev–Trinajstić information content (AvgIpc) is 2.86. The monoisotopic (exact) mass is 491 g/mol. The molecule has 1 atom stereocenters. The Labute approximate surface area is 196 Å². The van der Waals surface area contributed by atoms with Gasteiger partial charge < -0.3 is 15.7 Å². The minimum absolute atomic E-state index is 0.193. The molecule has 162 valence electrons. The highest BCUT2D eigenvalue weighted by atomic mass is 35.5. The van der Waals surface area contributed by atoms with E-state index in [1.165, 1.54) is 12.1 Å². The van der Waals surface area contributed by atoms with Gasteiger partial charge in [0.1, 0.15) is 11.6 Å². The molecule has 0 aliphatic carbocycles. The lowest BCUT2D eigenvalue weighted by atomic mass is 10.0. The maximum Gasteiger partial charge on any atom is 0.269 e. The molecule has 1 heterocycles. The first-order valence-corrected chi connectivity index (χ1v) is 10.3. The predicted octanol–water partition coefficient (Wildman–Crippen LogP) is 5.04. The van der Waals surface area contributed by atoms with E-state index < -0.39 is 29.5 Å². The van der Waals surface area contributed by atoms with E-state index in [9.17, 15) is 19.1 Å². The van der Waals surface area contributed by atoms with Crippen LogP contribution in [0.1, 0.15) is 21.5 Å². The molecule has 3 aromatic rings. The summed E-state index contributed by atoms with van der Waals surface area (Å²) < 4.78 is 13.6.